The third-order valence-corrected chi connectivity index (χ3v) is 1.74. The fourth-order valence-electron chi connectivity index (χ4n) is 0.985. The van der Waals surface area contributed by atoms with Crippen LogP contribution >= 0.6 is 0 Å². The maximum absolute atomic E-state index is 13.1. The Kier molecular flexibility index (Phi) is 2.84. The van der Waals surface area contributed by atoms with Crippen molar-refractivity contribution in [1.82, 2.24) is 0 Å². The highest BCUT2D eigenvalue weighted by Crippen LogP contribution is 2.14. The third kappa shape index (κ3) is 2.18. The average molecular weight is 182 g/mol. The number of carbonyl (C=O) groups excluding carboxylic acids is 1. The molecule has 0 bridgehead atoms. The van der Waals surface area contributed by atoms with Gasteiger partial charge in [-0.15, -0.1) is 0 Å². The molecular weight excluding hydrogens is 171 g/mol. The topological polar surface area (TPSA) is 46.3 Å². The van der Waals surface area contributed by atoms with E-state index in [1.165, 1.54) is 11.9 Å². The summed E-state index contributed by atoms with van der Waals surface area (Å²) in [6.45, 7) is 0. The minimum Gasteiger partial charge on any atom is -0.365 e. The van der Waals surface area contributed by atoms with Crippen molar-refractivity contribution >= 4 is 11.6 Å². The number of hydrogen-bond donors (Lipinski definition) is 1. The first-order valence-corrected chi connectivity index (χ1v) is 3.84. The summed E-state index contributed by atoms with van der Waals surface area (Å²) in [6, 6.07) is 8.75. The first-order valence-electron chi connectivity index (χ1n) is 3.84. The maximum atomic E-state index is 13.1. The molecule has 0 aromatic heterocycles. The number of nitrogens with two attached hydrogens (primary N) is 1. The molecule has 1 aromatic rings. The van der Waals surface area contributed by atoms with Gasteiger partial charge in [-0.3, -0.25) is 4.79 Å². The van der Waals surface area contributed by atoms with Gasteiger partial charge in [0.2, 0.25) is 0 Å². The Morgan fingerprint density at radius 2 is 2.00 bits per heavy atom. The fraction of sp³-hybridized carbons (Fsp3) is 0.222. The lowest BCUT2D eigenvalue weighted by Crippen LogP contribution is -2.39. The van der Waals surface area contributed by atoms with Gasteiger partial charge in [-0.1, -0.05) is 18.2 Å². The molecule has 70 valence electrons. The van der Waals surface area contributed by atoms with Crippen LogP contribution < -0.4 is 10.6 Å². The van der Waals surface area contributed by atoms with Crippen LogP contribution in [0, 0.1) is 0 Å². The number of primary amides is 1. The van der Waals surface area contributed by atoms with Gasteiger partial charge in [0.15, 0.2) is 0 Å². The van der Waals surface area contributed by atoms with Gasteiger partial charge in [-0.05, 0) is 12.1 Å². The molecule has 1 amide bonds. The van der Waals surface area contributed by atoms with Crippen molar-refractivity contribution in [2.75, 3.05) is 11.9 Å². The zero-order chi connectivity index (χ0) is 9.84. The Morgan fingerprint density at radius 1 is 1.46 bits per heavy atom. The summed E-state index contributed by atoms with van der Waals surface area (Å²) in [5, 5.41) is 0. The lowest BCUT2D eigenvalue weighted by Gasteiger charge is -2.20. The van der Waals surface area contributed by atoms with Crippen molar-refractivity contribution < 1.29 is 9.18 Å². The van der Waals surface area contributed by atoms with Crippen LogP contribution in [0.1, 0.15) is 0 Å². The third-order valence-electron chi connectivity index (χ3n) is 1.74. The highest BCUT2D eigenvalue weighted by molar-refractivity contribution is 5.81. The summed E-state index contributed by atoms with van der Waals surface area (Å²) in [5.74, 6) is -0.980. The van der Waals surface area contributed by atoms with E-state index < -0.39 is 12.2 Å². The number of rotatable bonds is 3. The van der Waals surface area contributed by atoms with Crippen molar-refractivity contribution in [3.63, 3.8) is 0 Å². The summed E-state index contributed by atoms with van der Waals surface area (Å²) >= 11 is 0. The largest absolute Gasteiger partial charge is 0.365 e. The van der Waals surface area contributed by atoms with Crippen molar-refractivity contribution in [2.24, 2.45) is 5.73 Å². The van der Waals surface area contributed by atoms with E-state index in [1.54, 1.807) is 24.3 Å². The Morgan fingerprint density at radius 3 is 2.46 bits per heavy atom. The van der Waals surface area contributed by atoms with Gasteiger partial charge < -0.3 is 10.6 Å². The SMILES string of the molecule is CN(c1ccccc1)C(F)C(N)=O. The van der Waals surface area contributed by atoms with Crippen molar-refractivity contribution in [3.8, 4) is 0 Å². The number of likely N-dealkylation sites (N-methyl/N-ethyl adjacent to an activating group) is 1. The molecule has 0 saturated heterocycles. The Balaban J connectivity index is 2.79. The minimum atomic E-state index is -1.78. The molecule has 0 aliphatic rings. The summed E-state index contributed by atoms with van der Waals surface area (Å²) in [5.41, 5.74) is 5.44. The summed E-state index contributed by atoms with van der Waals surface area (Å²) in [4.78, 5) is 11.7. The second-order valence-corrected chi connectivity index (χ2v) is 2.68. The van der Waals surface area contributed by atoms with Gasteiger partial charge >= 0.3 is 0 Å². The molecule has 0 spiro atoms. The van der Waals surface area contributed by atoms with Gasteiger partial charge in [0, 0.05) is 12.7 Å². The van der Waals surface area contributed by atoms with Gasteiger partial charge in [-0.2, -0.15) is 0 Å². The van der Waals surface area contributed by atoms with E-state index >= 15 is 0 Å². The summed E-state index contributed by atoms with van der Waals surface area (Å²) in [6.07, 6.45) is -1.78. The molecule has 3 nitrogen and oxygen atoms in total. The molecule has 2 N–H and O–H groups in total. The first-order chi connectivity index (χ1) is 6.13. The molecule has 1 rings (SSSR count). The monoisotopic (exact) mass is 182 g/mol. The minimum absolute atomic E-state index is 0.619. The number of amides is 1. The molecule has 1 atom stereocenters. The molecule has 0 heterocycles. The van der Waals surface area contributed by atoms with Gasteiger partial charge in [0.25, 0.3) is 12.2 Å². The highest BCUT2D eigenvalue weighted by Gasteiger charge is 2.18. The molecule has 0 aliphatic carbocycles. The Labute approximate surface area is 76.0 Å². The lowest BCUT2D eigenvalue weighted by molar-refractivity contribution is -0.122. The van der Waals surface area contributed by atoms with Crippen LogP contribution in [0.3, 0.4) is 0 Å². The quantitative estimate of drug-likeness (QED) is 0.706. The normalized spacial score (nSPS) is 12.2. The second kappa shape index (κ2) is 3.89. The molecule has 0 radical (unpaired) electrons. The molecular formula is C9H11FN2O. The molecule has 0 saturated carbocycles. The van der Waals surface area contributed by atoms with Crippen molar-refractivity contribution in [3.05, 3.63) is 30.3 Å². The summed E-state index contributed by atoms with van der Waals surface area (Å²) in [7, 11) is 1.48. The highest BCUT2D eigenvalue weighted by atomic mass is 19.1. The Hall–Kier alpha value is -1.58. The Bertz CT molecular complexity index is 289. The van der Waals surface area contributed by atoms with Crippen LogP contribution in [0.4, 0.5) is 10.1 Å². The zero-order valence-corrected chi connectivity index (χ0v) is 7.27. The summed E-state index contributed by atoms with van der Waals surface area (Å²) < 4.78 is 13.1. The van der Waals surface area contributed by atoms with Crippen LogP contribution in [-0.2, 0) is 4.79 Å². The zero-order valence-electron chi connectivity index (χ0n) is 7.27. The molecule has 1 unspecified atom stereocenters. The van der Waals surface area contributed by atoms with E-state index in [0.717, 1.165) is 0 Å². The lowest BCUT2D eigenvalue weighted by atomic mass is 10.3. The van der Waals surface area contributed by atoms with Crippen LogP contribution in [0.5, 0.6) is 0 Å². The molecule has 1 aromatic carbocycles. The predicted molar refractivity (Wildman–Crippen MR) is 48.9 cm³/mol. The first kappa shape index (κ1) is 9.51. The predicted octanol–water partition coefficient (Wildman–Crippen LogP) is 0.904. The smallest absolute Gasteiger partial charge is 0.272 e. The van der Waals surface area contributed by atoms with Crippen molar-refractivity contribution in [1.29, 1.82) is 0 Å². The second-order valence-electron chi connectivity index (χ2n) is 2.68. The number of hydrogen-bond acceptors (Lipinski definition) is 2. The van der Waals surface area contributed by atoms with E-state index in [1.807, 2.05) is 6.07 Å². The van der Waals surface area contributed by atoms with Gasteiger partial charge in [-0.25, -0.2) is 4.39 Å². The van der Waals surface area contributed by atoms with Crippen LogP contribution in [0.2, 0.25) is 0 Å². The molecule has 0 aliphatic heterocycles. The number of para-hydroxylation sites is 1. The van der Waals surface area contributed by atoms with Crippen LogP contribution in [0.25, 0.3) is 0 Å². The van der Waals surface area contributed by atoms with Crippen LogP contribution in [-0.4, -0.2) is 19.3 Å². The molecule has 4 heteroatoms. The number of alkyl halides is 1. The number of nitrogens with zero attached hydrogens (tertiary/aromatic N) is 1. The van der Waals surface area contributed by atoms with Crippen molar-refractivity contribution in [2.45, 2.75) is 6.30 Å². The van der Waals surface area contributed by atoms with Gasteiger partial charge in [0.1, 0.15) is 0 Å². The van der Waals surface area contributed by atoms with E-state index in [9.17, 15) is 9.18 Å². The maximum Gasteiger partial charge on any atom is 0.272 e. The molecule has 0 fully saturated rings. The standard InChI is InChI=1S/C9H11FN2O/c1-12(8(10)9(11)13)7-5-3-2-4-6-7/h2-6,8H,1H3,(H2,11,13). The number of anilines is 1. The average Bonchev–Trinajstić information content (AvgIpc) is 2.17. The van der Waals surface area contributed by atoms with E-state index in [4.69, 9.17) is 5.73 Å². The van der Waals surface area contributed by atoms with E-state index in [0.29, 0.717) is 5.69 Å². The van der Waals surface area contributed by atoms with E-state index in [-0.39, 0.29) is 0 Å². The molecule has 13 heavy (non-hydrogen) atoms. The van der Waals surface area contributed by atoms with Crippen LogP contribution in [0.15, 0.2) is 30.3 Å². The number of carbonyl (C=O) groups is 1. The number of halogens is 1. The van der Waals surface area contributed by atoms with E-state index in [2.05, 4.69) is 0 Å². The number of benzene rings is 1. The fourth-order valence-corrected chi connectivity index (χ4v) is 0.985. The van der Waals surface area contributed by atoms with Gasteiger partial charge in [0.05, 0.1) is 0 Å².